The number of nitrogens with one attached hydrogen (secondary N) is 1. The lowest BCUT2D eigenvalue weighted by molar-refractivity contribution is 1.26. The number of thiophene rings is 1. The molecule has 0 spiro atoms. The molecule has 2 heteroatoms. The van der Waals surface area contributed by atoms with Gasteiger partial charge in [-0.25, -0.2) is 0 Å². The van der Waals surface area contributed by atoms with E-state index >= 15 is 0 Å². The van der Waals surface area contributed by atoms with Crippen LogP contribution in [-0.2, 0) is 6.42 Å². The number of aromatic nitrogens is 1. The third-order valence-electron chi connectivity index (χ3n) is 4.20. The number of H-pyrrole nitrogens is 1. The summed E-state index contributed by atoms with van der Waals surface area (Å²) in [5, 5.41) is 4.05. The van der Waals surface area contributed by atoms with Gasteiger partial charge < -0.3 is 4.98 Å². The zero-order valence-corrected chi connectivity index (χ0v) is 13.3. The zero-order chi connectivity index (χ0) is 15.1. The summed E-state index contributed by atoms with van der Waals surface area (Å²) in [6.07, 6.45) is 7.18. The fourth-order valence-corrected chi connectivity index (χ4v) is 4.45. The van der Waals surface area contributed by atoms with Crippen molar-refractivity contribution in [3.8, 4) is 0 Å². The van der Waals surface area contributed by atoms with Gasteiger partial charge in [0.05, 0.1) is 0 Å². The Kier molecular flexibility index (Phi) is 3.12. The van der Waals surface area contributed by atoms with Crippen LogP contribution in [0.15, 0.2) is 55.1 Å². The van der Waals surface area contributed by atoms with Crippen molar-refractivity contribution in [3.63, 3.8) is 0 Å². The Morgan fingerprint density at radius 2 is 2.05 bits per heavy atom. The summed E-state index contributed by atoms with van der Waals surface area (Å²) < 4.78 is 2.73. The van der Waals surface area contributed by atoms with Crippen molar-refractivity contribution >= 4 is 48.5 Å². The average molecular weight is 305 g/mol. The van der Waals surface area contributed by atoms with Gasteiger partial charge in [0.15, 0.2) is 0 Å². The number of rotatable bonds is 3. The Hall–Kier alpha value is -2.32. The molecule has 110 valence electrons. The third kappa shape index (κ3) is 1.84. The lowest BCUT2D eigenvalue weighted by Gasteiger charge is -1.99. The number of fused-ring (bicyclic) bond motifs is 5. The molecule has 0 radical (unpaired) electrons. The molecule has 0 bridgehead atoms. The van der Waals surface area contributed by atoms with Crippen LogP contribution in [0.3, 0.4) is 0 Å². The summed E-state index contributed by atoms with van der Waals surface area (Å²) in [4.78, 5) is 3.51. The van der Waals surface area contributed by atoms with Gasteiger partial charge in [0.2, 0.25) is 0 Å². The molecular formula is C20H19NS. The average Bonchev–Trinajstić information content (AvgIpc) is 3.10. The predicted octanol–water partition coefficient (Wildman–Crippen LogP) is 6.54. The largest absolute Gasteiger partial charge is 0.355 e. The molecule has 4 aromatic rings. The number of aromatic amines is 1. The molecule has 0 atom stereocenters. The Bertz CT molecular complexity index is 1040. The van der Waals surface area contributed by atoms with Gasteiger partial charge in [-0.05, 0) is 37.1 Å². The summed E-state index contributed by atoms with van der Waals surface area (Å²) in [6, 6.07) is 13.1. The lowest BCUT2D eigenvalue weighted by Crippen LogP contribution is -1.82. The van der Waals surface area contributed by atoms with E-state index in [1.807, 2.05) is 17.4 Å². The van der Waals surface area contributed by atoms with Crippen molar-refractivity contribution in [1.82, 2.24) is 4.98 Å². The minimum Gasteiger partial charge on any atom is -0.355 e. The molecule has 22 heavy (non-hydrogen) atoms. The van der Waals surface area contributed by atoms with Crippen molar-refractivity contribution in [3.05, 3.63) is 66.4 Å². The highest BCUT2D eigenvalue weighted by molar-refractivity contribution is 7.26. The fraction of sp³-hybridized carbons (Fsp3) is 0.100. The van der Waals surface area contributed by atoms with E-state index in [9.17, 15) is 0 Å². The Morgan fingerprint density at radius 1 is 1.18 bits per heavy atom. The molecule has 2 aromatic heterocycles. The second-order valence-corrected chi connectivity index (χ2v) is 6.51. The first kappa shape index (κ1) is 13.4. The molecule has 0 aliphatic carbocycles. The van der Waals surface area contributed by atoms with Crippen LogP contribution in [0.25, 0.3) is 37.2 Å². The Balaban J connectivity index is 0.00000156. The topological polar surface area (TPSA) is 15.8 Å². The minimum atomic E-state index is 0. The number of benzene rings is 2. The van der Waals surface area contributed by atoms with Gasteiger partial charge in [-0.2, -0.15) is 0 Å². The molecular weight excluding hydrogens is 286 g/mol. The molecule has 0 saturated carbocycles. The zero-order valence-electron chi connectivity index (χ0n) is 12.5. The minimum absolute atomic E-state index is 0. The van der Waals surface area contributed by atoms with Crippen LogP contribution in [0.4, 0.5) is 0 Å². The van der Waals surface area contributed by atoms with E-state index in [-0.39, 0.29) is 1.43 Å². The standard InChI is InChI=1S/C20H17NS.H2/c1-3-5-8-15-16(4-2)21-17-12-11-14-13-9-6-7-10-18(13)22-20(14)19(15)17;/h3-7,9-12,21H,2,8H2,1H3;1H/b5-3-;. The van der Waals surface area contributed by atoms with Gasteiger partial charge in [0.1, 0.15) is 0 Å². The second-order valence-electron chi connectivity index (χ2n) is 5.46. The van der Waals surface area contributed by atoms with Gasteiger partial charge in [0.25, 0.3) is 0 Å². The van der Waals surface area contributed by atoms with Gasteiger partial charge in [0, 0.05) is 38.2 Å². The predicted molar refractivity (Wildman–Crippen MR) is 102 cm³/mol. The third-order valence-corrected chi connectivity index (χ3v) is 5.41. The molecule has 0 unspecified atom stereocenters. The highest BCUT2D eigenvalue weighted by Crippen LogP contribution is 2.40. The van der Waals surface area contributed by atoms with Crippen molar-refractivity contribution in [2.45, 2.75) is 13.3 Å². The van der Waals surface area contributed by atoms with Crippen LogP contribution >= 0.6 is 11.3 Å². The summed E-state index contributed by atoms with van der Waals surface area (Å²) in [6.45, 7) is 6.03. The van der Waals surface area contributed by atoms with Crippen LogP contribution in [0.2, 0.25) is 0 Å². The van der Waals surface area contributed by atoms with Crippen molar-refractivity contribution in [2.24, 2.45) is 0 Å². The summed E-state index contributed by atoms with van der Waals surface area (Å²) in [7, 11) is 0. The van der Waals surface area contributed by atoms with E-state index < -0.39 is 0 Å². The molecule has 1 N–H and O–H groups in total. The first-order valence-corrected chi connectivity index (χ1v) is 8.33. The van der Waals surface area contributed by atoms with Crippen molar-refractivity contribution < 1.29 is 1.43 Å². The second kappa shape index (κ2) is 5.15. The van der Waals surface area contributed by atoms with E-state index in [4.69, 9.17) is 0 Å². The van der Waals surface area contributed by atoms with Crippen LogP contribution in [0, 0.1) is 0 Å². The van der Waals surface area contributed by atoms with Gasteiger partial charge in [-0.15, -0.1) is 11.3 Å². The van der Waals surface area contributed by atoms with Gasteiger partial charge >= 0.3 is 0 Å². The molecule has 2 aromatic carbocycles. The number of allylic oxidation sites excluding steroid dienone is 2. The first-order valence-electron chi connectivity index (χ1n) is 7.52. The van der Waals surface area contributed by atoms with Crippen molar-refractivity contribution in [1.29, 1.82) is 0 Å². The van der Waals surface area contributed by atoms with E-state index in [0.717, 1.165) is 12.1 Å². The smallest absolute Gasteiger partial charge is 0.0476 e. The number of hydrogen-bond acceptors (Lipinski definition) is 1. The maximum atomic E-state index is 3.97. The van der Waals surface area contributed by atoms with E-state index in [2.05, 4.69) is 67.0 Å². The SMILES string of the molecule is C=Cc1[nH]c2ccc3c4ccccc4sc3c2c1C/C=C\C.[HH]. The molecule has 0 amide bonds. The molecule has 2 heterocycles. The van der Waals surface area contributed by atoms with Crippen molar-refractivity contribution in [2.75, 3.05) is 0 Å². The van der Waals surface area contributed by atoms with E-state index in [1.54, 1.807) is 0 Å². The highest BCUT2D eigenvalue weighted by Gasteiger charge is 2.14. The molecule has 0 aliphatic heterocycles. The maximum Gasteiger partial charge on any atom is 0.0476 e. The highest BCUT2D eigenvalue weighted by atomic mass is 32.1. The van der Waals surface area contributed by atoms with Crippen LogP contribution in [-0.4, -0.2) is 4.98 Å². The van der Waals surface area contributed by atoms with Gasteiger partial charge in [-0.1, -0.05) is 43.0 Å². The molecule has 4 rings (SSSR count). The molecule has 1 nitrogen and oxygen atoms in total. The normalized spacial score (nSPS) is 12.0. The maximum absolute atomic E-state index is 3.97. The van der Waals surface area contributed by atoms with Crippen LogP contribution < -0.4 is 0 Å². The lowest BCUT2D eigenvalue weighted by atomic mass is 10.0. The summed E-state index contributed by atoms with van der Waals surface area (Å²) in [5.74, 6) is 0. The molecule has 0 aliphatic rings. The van der Waals surface area contributed by atoms with E-state index in [0.29, 0.717) is 0 Å². The molecule has 0 saturated heterocycles. The number of hydrogen-bond donors (Lipinski definition) is 1. The van der Waals surface area contributed by atoms with E-state index in [1.165, 1.54) is 36.6 Å². The van der Waals surface area contributed by atoms with Crippen LogP contribution in [0.1, 0.15) is 19.6 Å². The monoisotopic (exact) mass is 305 g/mol. The quantitative estimate of drug-likeness (QED) is 0.413. The first-order chi connectivity index (χ1) is 10.8. The Labute approximate surface area is 135 Å². The summed E-state index contributed by atoms with van der Waals surface area (Å²) in [5.41, 5.74) is 3.69. The van der Waals surface area contributed by atoms with Gasteiger partial charge in [-0.3, -0.25) is 0 Å². The Morgan fingerprint density at radius 3 is 2.86 bits per heavy atom. The fourth-order valence-electron chi connectivity index (χ4n) is 3.17. The summed E-state index contributed by atoms with van der Waals surface area (Å²) >= 11 is 1.88. The molecule has 0 fully saturated rings. The van der Waals surface area contributed by atoms with Crippen LogP contribution in [0.5, 0.6) is 0 Å².